The Morgan fingerprint density at radius 3 is 2.83 bits per heavy atom. The van der Waals surface area contributed by atoms with Gasteiger partial charge in [-0.2, -0.15) is 0 Å². The Kier molecular flexibility index (Phi) is 5.15. The van der Waals surface area contributed by atoms with Crippen LogP contribution in [-0.4, -0.2) is 17.3 Å². The van der Waals surface area contributed by atoms with Crippen molar-refractivity contribution in [3.05, 3.63) is 34.1 Å². The summed E-state index contributed by atoms with van der Waals surface area (Å²) < 4.78 is 13.6. The molecule has 2 N–H and O–H groups in total. The fraction of sp³-hybridized carbons (Fsp3) is 0.571. The van der Waals surface area contributed by atoms with Crippen molar-refractivity contribution in [1.82, 2.24) is 5.32 Å². The largest absolute Gasteiger partial charge is 0.392 e. The average Bonchev–Trinajstić information content (AvgIpc) is 2.56. The highest BCUT2D eigenvalue weighted by Gasteiger charge is 2.20. The highest BCUT2D eigenvalue weighted by molar-refractivity contribution is 9.10. The van der Waals surface area contributed by atoms with E-state index in [9.17, 15) is 9.50 Å². The van der Waals surface area contributed by atoms with Crippen molar-refractivity contribution in [2.75, 3.05) is 0 Å². The van der Waals surface area contributed by atoms with Gasteiger partial charge < -0.3 is 10.4 Å². The predicted molar refractivity (Wildman–Crippen MR) is 73.8 cm³/mol. The van der Waals surface area contributed by atoms with E-state index in [1.165, 1.54) is 18.9 Å². The van der Waals surface area contributed by atoms with Crippen LogP contribution in [0.1, 0.15) is 37.7 Å². The smallest absolute Gasteiger partial charge is 0.137 e. The minimum atomic E-state index is -0.253. The molecule has 0 bridgehead atoms. The number of rotatable bonds is 3. The minimum absolute atomic E-state index is 0.163. The third-order valence-electron chi connectivity index (χ3n) is 3.53. The Bertz CT molecular complexity index is 399. The first kappa shape index (κ1) is 14.0. The Hall–Kier alpha value is -0.450. The van der Waals surface area contributed by atoms with E-state index >= 15 is 0 Å². The van der Waals surface area contributed by atoms with E-state index in [4.69, 9.17) is 0 Å². The molecule has 4 heteroatoms. The van der Waals surface area contributed by atoms with Gasteiger partial charge in [-0.1, -0.05) is 25.3 Å². The molecule has 1 aliphatic rings. The van der Waals surface area contributed by atoms with Crippen LogP contribution in [0, 0.1) is 5.82 Å². The molecule has 0 amide bonds. The van der Waals surface area contributed by atoms with Gasteiger partial charge in [-0.15, -0.1) is 0 Å². The highest BCUT2D eigenvalue weighted by atomic mass is 79.9. The summed E-state index contributed by atoms with van der Waals surface area (Å²) in [6.45, 7) is 0.667. The van der Waals surface area contributed by atoms with Crippen molar-refractivity contribution in [3.63, 3.8) is 0 Å². The van der Waals surface area contributed by atoms with Gasteiger partial charge in [-0.25, -0.2) is 4.39 Å². The second kappa shape index (κ2) is 6.64. The van der Waals surface area contributed by atoms with Gasteiger partial charge in [0.15, 0.2) is 0 Å². The molecule has 0 saturated heterocycles. The molecule has 2 atom stereocenters. The molecular weight excluding hydrogens is 297 g/mol. The first-order valence-electron chi connectivity index (χ1n) is 6.52. The molecule has 0 heterocycles. The molecule has 100 valence electrons. The number of hydrogen-bond acceptors (Lipinski definition) is 2. The number of hydrogen-bond donors (Lipinski definition) is 2. The third-order valence-corrected chi connectivity index (χ3v) is 4.14. The lowest BCUT2D eigenvalue weighted by Gasteiger charge is -2.21. The SMILES string of the molecule is OC1CCCCCC1NCc1ccc(F)c(Br)c1. The molecule has 0 spiro atoms. The zero-order valence-corrected chi connectivity index (χ0v) is 11.9. The van der Waals surface area contributed by atoms with Crippen molar-refractivity contribution in [3.8, 4) is 0 Å². The highest BCUT2D eigenvalue weighted by Crippen LogP contribution is 2.20. The standard InChI is InChI=1S/C14H19BrFNO/c15-11-8-10(6-7-12(11)16)9-17-13-4-2-1-3-5-14(13)18/h6-8,13-14,17-18H,1-5,9H2. The van der Waals surface area contributed by atoms with E-state index in [2.05, 4.69) is 21.2 Å². The Morgan fingerprint density at radius 2 is 2.06 bits per heavy atom. The second-order valence-corrected chi connectivity index (χ2v) is 5.80. The number of nitrogens with one attached hydrogen (secondary N) is 1. The van der Waals surface area contributed by atoms with E-state index in [1.54, 1.807) is 12.1 Å². The fourth-order valence-corrected chi connectivity index (χ4v) is 2.85. The van der Waals surface area contributed by atoms with E-state index in [-0.39, 0.29) is 18.0 Å². The molecule has 2 nitrogen and oxygen atoms in total. The van der Waals surface area contributed by atoms with Crippen molar-refractivity contribution in [2.24, 2.45) is 0 Å². The molecule has 18 heavy (non-hydrogen) atoms. The van der Waals surface area contributed by atoms with Crippen molar-refractivity contribution in [2.45, 2.75) is 50.8 Å². The van der Waals surface area contributed by atoms with Gasteiger partial charge in [0.25, 0.3) is 0 Å². The lowest BCUT2D eigenvalue weighted by Crippen LogP contribution is -2.38. The van der Waals surface area contributed by atoms with Crippen LogP contribution < -0.4 is 5.32 Å². The first-order chi connectivity index (χ1) is 8.66. The van der Waals surface area contributed by atoms with Crippen LogP contribution >= 0.6 is 15.9 Å². The van der Waals surface area contributed by atoms with Crippen LogP contribution in [0.2, 0.25) is 0 Å². The van der Waals surface area contributed by atoms with E-state index in [0.29, 0.717) is 11.0 Å². The van der Waals surface area contributed by atoms with Crippen molar-refractivity contribution >= 4 is 15.9 Å². The fourth-order valence-electron chi connectivity index (χ4n) is 2.42. The van der Waals surface area contributed by atoms with Crippen molar-refractivity contribution in [1.29, 1.82) is 0 Å². The summed E-state index contributed by atoms with van der Waals surface area (Å²) in [7, 11) is 0. The summed E-state index contributed by atoms with van der Waals surface area (Å²) in [5.74, 6) is -0.242. The third kappa shape index (κ3) is 3.77. The van der Waals surface area contributed by atoms with Crippen molar-refractivity contribution < 1.29 is 9.50 Å². The lowest BCUT2D eigenvalue weighted by atomic mass is 10.1. The van der Waals surface area contributed by atoms with Crippen LogP contribution in [0.25, 0.3) is 0 Å². The Balaban J connectivity index is 1.91. The van der Waals surface area contributed by atoms with Crippen LogP contribution in [0.3, 0.4) is 0 Å². The molecule has 1 aromatic rings. The van der Waals surface area contributed by atoms with Crippen LogP contribution in [0.5, 0.6) is 0 Å². The summed E-state index contributed by atoms with van der Waals surface area (Å²) >= 11 is 3.18. The van der Waals surface area contributed by atoms with Crippen LogP contribution in [0.15, 0.2) is 22.7 Å². The van der Waals surface area contributed by atoms with Gasteiger partial charge in [-0.3, -0.25) is 0 Å². The van der Waals surface area contributed by atoms with Gasteiger partial charge in [0.1, 0.15) is 5.82 Å². The molecule has 1 aliphatic carbocycles. The van der Waals surface area contributed by atoms with Gasteiger partial charge in [0.2, 0.25) is 0 Å². The summed E-state index contributed by atoms with van der Waals surface area (Å²) in [5, 5.41) is 13.4. The Morgan fingerprint density at radius 1 is 1.28 bits per heavy atom. The summed E-state index contributed by atoms with van der Waals surface area (Å²) in [4.78, 5) is 0. The summed E-state index contributed by atoms with van der Waals surface area (Å²) in [6.07, 6.45) is 5.13. The number of aliphatic hydroxyl groups excluding tert-OH is 1. The quantitative estimate of drug-likeness (QED) is 0.838. The number of aliphatic hydroxyl groups is 1. The van der Waals surface area contributed by atoms with E-state index in [0.717, 1.165) is 24.8 Å². The summed E-state index contributed by atoms with van der Waals surface area (Å²) in [5.41, 5.74) is 1.03. The van der Waals surface area contributed by atoms with Gasteiger partial charge in [0, 0.05) is 12.6 Å². The topological polar surface area (TPSA) is 32.3 Å². The maximum Gasteiger partial charge on any atom is 0.137 e. The predicted octanol–water partition coefficient (Wildman–Crippen LogP) is 3.37. The Labute approximate surface area is 116 Å². The molecule has 1 aromatic carbocycles. The van der Waals surface area contributed by atoms with Gasteiger partial charge in [-0.05, 0) is 46.5 Å². The first-order valence-corrected chi connectivity index (χ1v) is 7.31. The van der Waals surface area contributed by atoms with Gasteiger partial charge in [0.05, 0.1) is 10.6 Å². The molecule has 0 aromatic heterocycles. The van der Waals surface area contributed by atoms with E-state index in [1.807, 2.05) is 0 Å². The van der Waals surface area contributed by atoms with E-state index < -0.39 is 0 Å². The lowest BCUT2D eigenvalue weighted by molar-refractivity contribution is 0.119. The molecule has 2 unspecified atom stereocenters. The number of halogens is 2. The zero-order chi connectivity index (χ0) is 13.0. The molecule has 0 radical (unpaired) electrons. The second-order valence-electron chi connectivity index (χ2n) is 4.94. The molecule has 2 rings (SSSR count). The minimum Gasteiger partial charge on any atom is -0.392 e. The van der Waals surface area contributed by atoms with Gasteiger partial charge >= 0.3 is 0 Å². The molecule has 1 saturated carbocycles. The monoisotopic (exact) mass is 315 g/mol. The maximum atomic E-state index is 13.1. The van der Waals surface area contributed by atoms with Crippen LogP contribution in [0.4, 0.5) is 4.39 Å². The molecule has 1 fully saturated rings. The average molecular weight is 316 g/mol. The summed E-state index contributed by atoms with van der Waals surface area (Å²) in [6, 6.07) is 5.18. The normalized spacial score (nSPS) is 24.8. The zero-order valence-electron chi connectivity index (χ0n) is 10.3. The van der Waals surface area contributed by atoms with Crippen LogP contribution in [-0.2, 0) is 6.54 Å². The molecular formula is C14H19BrFNO. The number of benzene rings is 1. The maximum absolute atomic E-state index is 13.1. The molecule has 0 aliphatic heterocycles.